The number of nitrogens with two attached hydrogens (primary N) is 1. The van der Waals surface area contributed by atoms with Gasteiger partial charge in [-0.1, -0.05) is 11.6 Å². The number of pyridine rings is 1. The summed E-state index contributed by atoms with van der Waals surface area (Å²) in [5.74, 6) is -0.901. The van der Waals surface area contributed by atoms with Crippen LogP contribution < -0.4 is 5.73 Å². The van der Waals surface area contributed by atoms with Crippen LogP contribution in [0.3, 0.4) is 0 Å². The Morgan fingerprint density at radius 2 is 1.88 bits per heavy atom. The third-order valence-corrected chi connectivity index (χ3v) is 2.50. The van der Waals surface area contributed by atoms with Crippen LogP contribution in [0.25, 0.3) is 10.9 Å². The number of hydrogen-bond donors (Lipinski definition) is 1. The highest BCUT2D eigenvalue weighted by atomic mass is 35.5. The first-order chi connectivity index (χ1) is 7.80. The largest absolute Gasteiger partial charge is 0.433 e. The Morgan fingerprint density at radius 3 is 2.47 bits per heavy atom. The highest BCUT2D eigenvalue weighted by Crippen LogP contribution is 2.35. The lowest BCUT2D eigenvalue weighted by Gasteiger charge is -2.10. The van der Waals surface area contributed by atoms with Gasteiger partial charge in [0.2, 0.25) is 0 Å². The Kier molecular flexibility index (Phi) is 2.61. The number of rotatable bonds is 0. The molecule has 0 atom stereocenters. The summed E-state index contributed by atoms with van der Waals surface area (Å²) in [6, 6.07) is 2.79. The number of aromatic nitrogens is 1. The van der Waals surface area contributed by atoms with Crippen molar-refractivity contribution in [1.82, 2.24) is 4.98 Å². The smallest absolute Gasteiger partial charge is 0.398 e. The summed E-state index contributed by atoms with van der Waals surface area (Å²) >= 11 is 5.73. The van der Waals surface area contributed by atoms with Gasteiger partial charge in [0, 0.05) is 11.1 Å². The number of fused-ring (bicyclic) bond motifs is 1. The van der Waals surface area contributed by atoms with Crippen LogP contribution in [0.2, 0.25) is 5.02 Å². The molecule has 2 aromatic rings. The Bertz CT molecular complexity index is 595. The van der Waals surface area contributed by atoms with Crippen molar-refractivity contribution in [1.29, 1.82) is 0 Å². The minimum absolute atomic E-state index is 0.0142. The average molecular weight is 265 g/mol. The SMILES string of the molecule is Nc1cc(C(F)(F)F)nc2c(F)ccc(Cl)c12. The third kappa shape index (κ3) is 2.00. The highest BCUT2D eigenvalue weighted by molar-refractivity contribution is 6.36. The normalized spacial score (nSPS) is 12.1. The van der Waals surface area contributed by atoms with Crippen molar-refractivity contribution in [2.24, 2.45) is 0 Å². The molecule has 17 heavy (non-hydrogen) atoms. The Labute approximate surface area is 98.0 Å². The van der Waals surface area contributed by atoms with Crippen LogP contribution in [-0.4, -0.2) is 4.98 Å². The van der Waals surface area contributed by atoms with E-state index in [1.54, 1.807) is 0 Å². The summed E-state index contributed by atoms with van der Waals surface area (Å²) in [6.45, 7) is 0. The fourth-order valence-electron chi connectivity index (χ4n) is 1.44. The lowest BCUT2D eigenvalue weighted by molar-refractivity contribution is -0.140. The van der Waals surface area contributed by atoms with Gasteiger partial charge >= 0.3 is 6.18 Å². The number of benzene rings is 1. The van der Waals surface area contributed by atoms with Crippen LogP contribution in [0.4, 0.5) is 23.2 Å². The molecule has 0 radical (unpaired) electrons. The summed E-state index contributed by atoms with van der Waals surface area (Å²) in [5, 5.41) is 0.0415. The average Bonchev–Trinajstić information content (AvgIpc) is 2.21. The van der Waals surface area contributed by atoms with Gasteiger partial charge in [-0.15, -0.1) is 0 Å². The molecule has 1 aromatic carbocycles. The van der Waals surface area contributed by atoms with E-state index in [1.165, 1.54) is 6.07 Å². The molecule has 1 heterocycles. The molecule has 2 N–H and O–H groups in total. The lowest BCUT2D eigenvalue weighted by atomic mass is 10.1. The van der Waals surface area contributed by atoms with Gasteiger partial charge < -0.3 is 5.73 Å². The van der Waals surface area contributed by atoms with Crippen molar-refractivity contribution in [2.75, 3.05) is 5.73 Å². The van der Waals surface area contributed by atoms with Crippen molar-refractivity contribution in [3.05, 3.63) is 34.7 Å². The molecule has 90 valence electrons. The number of anilines is 1. The second-order valence-electron chi connectivity index (χ2n) is 3.35. The van der Waals surface area contributed by atoms with Crippen LogP contribution >= 0.6 is 11.6 Å². The minimum Gasteiger partial charge on any atom is -0.398 e. The third-order valence-electron chi connectivity index (χ3n) is 2.18. The van der Waals surface area contributed by atoms with Crippen LogP contribution in [-0.2, 0) is 6.18 Å². The lowest BCUT2D eigenvalue weighted by Crippen LogP contribution is -2.09. The fraction of sp³-hybridized carbons (Fsp3) is 0.100. The summed E-state index contributed by atoms with van der Waals surface area (Å²) in [4.78, 5) is 3.20. The van der Waals surface area contributed by atoms with Gasteiger partial charge in [0.15, 0.2) is 0 Å². The molecule has 0 unspecified atom stereocenters. The van der Waals surface area contributed by atoms with E-state index in [1.807, 2.05) is 0 Å². The van der Waals surface area contributed by atoms with Crippen LogP contribution in [0.1, 0.15) is 5.69 Å². The molecule has 2 rings (SSSR count). The van der Waals surface area contributed by atoms with Crippen LogP contribution in [0.5, 0.6) is 0 Å². The minimum atomic E-state index is -4.68. The number of nitrogens with zero attached hydrogens (tertiary/aromatic N) is 1. The monoisotopic (exact) mass is 264 g/mol. The van der Waals surface area contributed by atoms with Gasteiger partial charge in [-0.05, 0) is 18.2 Å². The van der Waals surface area contributed by atoms with E-state index >= 15 is 0 Å². The highest BCUT2D eigenvalue weighted by Gasteiger charge is 2.33. The number of hydrogen-bond acceptors (Lipinski definition) is 2. The van der Waals surface area contributed by atoms with Gasteiger partial charge in [-0.2, -0.15) is 13.2 Å². The maximum atomic E-state index is 13.4. The molecule has 1 aromatic heterocycles. The van der Waals surface area contributed by atoms with Crippen molar-refractivity contribution >= 4 is 28.2 Å². The van der Waals surface area contributed by atoms with Gasteiger partial charge in [0.1, 0.15) is 17.0 Å². The Morgan fingerprint density at radius 1 is 1.24 bits per heavy atom. The van der Waals surface area contributed by atoms with E-state index in [0.29, 0.717) is 6.07 Å². The first-order valence-corrected chi connectivity index (χ1v) is 4.80. The van der Waals surface area contributed by atoms with Crippen molar-refractivity contribution in [2.45, 2.75) is 6.18 Å². The molecular weight excluding hydrogens is 260 g/mol. The molecule has 2 nitrogen and oxygen atoms in total. The Hall–Kier alpha value is -1.56. The summed E-state index contributed by atoms with van der Waals surface area (Å²) < 4.78 is 50.7. The number of alkyl halides is 3. The van der Waals surface area contributed by atoms with Crippen LogP contribution in [0.15, 0.2) is 18.2 Å². The van der Waals surface area contributed by atoms with Gasteiger partial charge in [-0.3, -0.25) is 0 Å². The Balaban J connectivity index is 2.87. The zero-order valence-corrected chi connectivity index (χ0v) is 8.90. The quantitative estimate of drug-likeness (QED) is 0.738. The van der Waals surface area contributed by atoms with Crippen molar-refractivity contribution < 1.29 is 17.6 Å². The van der Waals surface area contributed by atoms with Gasteiger partial charge in [0.25, 0.3) is 0 Å². The second kappa shape index (κ2) is 3.73. The molecule has 7 heteroatoms. The predicted octanol–water partition coefficient (Wildman–Crippen LogP) is 3.63. The van der Waals surface area contributed by atoms with Gasteiger partial charge in [0.05, 0.1) is 5.02 Å². The first kappa shape index (κ1) is 11.9. The molecule has 0 fully saturated rings. The molecule has 0 saturated carbocycles. The number of nitrogen functional groups attached to an aromatic ring is 1. The molecule has 0 spiro atoms. The number of halogens is 5. The van der Waals surface area contributed by atoms with Crippen molar-refractivity contribution in [3.8, 4) is 0 Å². The van der Waals surface area contributed by atoms with E-state index in [2.05, 4.69) is 4.98 Å². The topological polar surface area (TPSA) is 38.9 Å². The fourth-order valence-corrected chi connectivity index (χ4v) is 1.70. The van der Waals surface area contributed by atoms with E-state index < -0.39 is 23.2 Å². The standard InChI is InChI=1S/C10H5ClF4N2/c11-4-1-2-5(12)9-8(4)6(16)3-7(17-9)10(13,14)15/h1-3H,(H2,16,17). The zero-order valence-electron chi connectivity index (χ0n) is 8.15. The van der Waals surface area contributed by atoms with E-state index in [4.69, 9.17) is 17.3 Å². The maximum Gasteiger partial charge on any atom is 0.433 e. The summed E-state index contributed by atoms with van der Waals surface area (Å²) in [7, 11) is 0. The van der Waals surface area contributed by atoms with Crippen molar-refractivity contribution in [3.63, 3.8) is 0 Å². The molecule has 0 aliphatic carbocycles. The van der Waals surface area contributed by atoms with Crippen LogP contribution in [0, 0.1) is 5.82 Å². The van der Waals surface area contributed by atoms with E-state index in [0.717, 1.165) is 6.07 Å². The predicted molar refractivity (Wildman–Crippen MR) is 56.1 cm³/mol. The zero-order chi connectivity index (χ0) is 12.8. The molecule has 0 aliphatic heterocycles. The molecule has 0 amide bonds. The molecule has 0 saturated heterocycles. The second-order valence-corrected chi connectivity index (χ2v) is 3.75. The first-order valence-electron chi connectivity index (χ1n) is 4.42. The van der Waals surface area contributed by atoms with E-state index in [-0.39, 0.29) is 16.1 Å². The maximum absolute atomic E-state index is 13.4. The molecule has 0 aliphatic rings. The van der Waals surface area contributed by atoms with E-state index in [9.17, 15) is 17.6 Å². The van der Waals surface area contributed by atoms with Gasteiger partial charge in [-0.25, -0.2) is 9.37 Å². The summed E-state index contributed by atoms with van der Waals surface area (Å²) in [5.41, 5.74) is 3.45. The molecule has 0 bridgehead atoms. The molecular formula is C10H5ClF4N2. The summed E-state index contributed by atoms with van der Waals surface area (Å²) in [6.07, 6.45) is -4.68.